The van der Waals surface area contributed by atoms with E-state index in [4.69, 9.17) is 9.79 Å². The lowest BCUT2D eigenvalue weighted by Crippen LogP contribution is -1.88. The molecule has 92 valence electrons. The molecule has 0 radical (unpaired) electrons. The highest BCUT2D eigenvalue weighted by Gasteiger charge is 2.17. The molecule has 4 nitrogen and oxygen atoms in total. The lowest BCUT2D eigenvalue weighted by molar-refractivity contribution is 0.372. The van der Waals surface area contributed by atoms with Crippen LogP contribution in [0.1, 0.15) is 5.56 Å². The number of aromatic nitrogens is 1. The molecule has 0 saturated carbocycles. The Morgan fingerprint density at radius 2 is 1.72 bits per heavy atom. The number of hydrogen-bond donors (Lipinski definition) is 3. The van der Waals surface area contributed by atoms with E-state index in [1.54, 1.807) is 6.07 Å². The second kappa shape index (κ2) is 3.95. The first-order valence-electron chi connectivity index (χ1n) is 5.57. The summed E-state index contributed by atoms with van der Waals surface area (Å²) in [6, 6.07) is 13.4. The van der Waals surface area contributed by atoms with Gasteiger partial charge < -0.3 is 14.8 Å². The molecule has 1 heterocycles. The van der Waals surface area contributed by atoms with E-state index in [1.165, 1.54) is 0 Å². The number of para-hydroxylation sites is 2. The maximum atomic E-state index is 11.1. The zero-order valence-electron chi connectivity index (χ0n) is 9.50. The quantitative estimate of drug-likeness (QED) is 0.621. The van der Waals surface area contributed by atoms with Crippen LogP contribution in [-0.2, 0) is 10.7 Å². The zero-order valence-corrected chi connectivity index (χ0v) is 10.4. The van der Waals surface area contributed by atoms with E-state index in [9.17, 15) is 4.57 Å². The van der Waals surface area contributed by atoms with Crippen LogP contribution >= 0.6 is 7.60 Å². The van der Waals surface area contributed by atoms with Gasteiger partial charge in [0.05, 0.1) is 11.7 Å². The van der Waals surface area contributed by atoms with Crippen molar-refractivity contribution in [3.63, 3.8) is 0 Å². The Bertz CT molecular complexity index is 772. The minimum Gasteiger partial charge on any atom is -0.354 e. The van der Waals surface area contributed by atoms with Crippen molar-refractivity contribution in [3.05, 3.63) is 48.0 Å². The molecular formula is C13H12NO3P. The summed E-state index contributed by atoms with van der Waals surface area (Å²) in [5.74, 6) is 0. The van der Waals surface area contributed by atoms with Crippen molar-refractivity contribution >= 4 is 29.4 Å². The molecule has 18 heavy (non-hydrogen) atoms. The summed E-state index contributed by atoms with van der Waals surface area (Å²) in [6.07, 6.45) is -0.239. The standard InChI is InChI=1S/C13H12NO3P/c15-18(16,17)8-9-4-3-6-11-10-5-1-2-7-12(10)14-13(9)11/h1-7,14H,8H2,(H2,15,16,17). The van der Waals surface area contributed by atoms with Crippen LogP contribution in [0.5, 0.6) is 0 Å². The highest BCUT2D eigenvalue weighted by Crippen LogP contribution is 2.41. The third-order valence-electron chi connectivity index (χ3n) is 3.00. The Morgan fingerprint density at radius 1 is 1.00 bits per heavy atom. The summed E-state index contributed by atoms with van der Waals surface area (Å²) in [5.41, 5.74) is 2.43. The van der Waals surface area contributed by atoms with Gasteiger partial charge in [-0.25, -0.2) is 0 Å². The maximum Gasteiger partial charge on any atom is 0.329 e. The minimum atomic E-state index is -4.06. The largest absolute Gasteiger partial charge is 0.354 e. The van der Waals surface area contributed by atoms with E-state index >= 15 is 0 Å². The Labute approximate surface area is 103 Å². The first-order valence-corrected chi connectivity index (χ1v) is 7.37. The van der Waals surface area contributed by atoms with Gasteiger partial charge in [-0.05, 0) is 11.6 Å². The fourth-order valence-electron chi connectivity index (χ4n) is 2.29. The van der Waals surface area contributed by atoms with Gasteiger partial charge in [0.2, 0.25) is 0 Å². The zero-order chi connectivity index (χ0) is 12.8. The van der Waals surface area contributed by atoms with E-state index in [1.807, 2.05) is 36.4 Å². The Balaban J connectivity index is 2.31. The fourth-order valence-corrected chi connectivity index (χ4v) is 2.99. The number of rotatable bonds is 2. The average Bonchev–Trinajstić information content (AvgIpc) is 2.67. The molecule has 0 aliphatic heterocycles. The second-order valence-electron chi connectivity index (χ2n) is 4.33. The third kappa shape index (κ3) is 1.95. The van der Waals surface area contributed by atoms with Gasteiger partial charge in [-0.1, -0.05) is 36.4 Å². The van der Waals surface area contributed by atoms with Crippen molar-refractivity contribution in [3.8, 4) is 0 Å². The number of nitrogens with one attached hydrogen (secondary N) is 1. The van der Waals surface area contributed by atoms with Crippen molar-refractivity contribution in [2.24, 2.45) is 0 Å². The smallest absolute Gasteiger partial charge is 0.329 e. The Hall–Kier alpha value is -1.61. The van der Waals surface area contributed by atoms with E-state index in [2.05, 4.69) is 4.98 Å². The van der Waals surface area contributed by atoms with Crippen molar-refractivity contribution in [1.82, 2.24) is 4.98 Å². The summed E-state index contributed by atoms with van der Waals surface area (Å²) in [5, 5.41) is 2.07. The lowest BCUT2D eigenvalue weighted by Gasteiger charge is -2.05. The molecule has 0 atom stereocenters. The maximum absolute atomic E-state index is 11.1. The normalized spacial score (nSPS) is 12.3. The van der Waals surface area contributed by atoms with Crippen LogP contribution in [0.25, 0.3) is 21.8 Å². The highest BCUT2D eigenvalue weighted by molar-refractivity contribution is 7.50. The molecule has 0 aliphatic rings. The van der Waals surface area contributed by atoms with E-state index < -0.39 is 7.60 Å². The molecule has 5 heteroatoms. The molecule has 2 aromatic carbocycles. The van der Waals surface area contributed by atoms with Crippen molar-refractivity contribution in [2.75, 3.05) is 0 Å². The van der Waals surface area contributed by atoms with Gasteiger partial charge in [0, 0.05) is 16.3 Å². The molecule has 0 aliphatic carbocycles. The number of benzene rings is 2. The average molecular weight is 261 g/mol. The van der Waals surface area contributed by atoms with E-state index in [0.29, 0.717) is 5.56 Å². The SMILES string of the molecule is O=P(O)(O)Cc1cccc2c1[nH]c1ccccc12. The topological polar surface area (TPSA) is 73.3 Å². The molecular weight excluding hydrogens is 249 g/mol. The fraction of sp³-hybridized carbons (Fsp3) is 0.0769. The van der Waals surface area contributed by atoms with E-state index in [-0.39, 0.29) is 6.16 Å². The van der Waals surface area contributed by atoms with Crippen LogP contribution in [0.15, 0.2) is 42.5 Å². The lowest BCUT2D eigenvalue weighted by atomic mass is 10.1. The molecule has 0 bridgehead atoms. The summed E-state index contributed by atoms with van der Waals surface area (Å²) in [4.78, 5) is 21.4. The Kier molecular flexibility index (Phi) is 2.52. The number of aromatic amines is 1. The number of hydrogen-bond acceptors (Lipinski definition) is 1. The summed E-state index contributed by atoms with van der Waals surface area (Å²) < 4.78 is 11.1. The summed E-state index contributed by atoms with van der Waals surface area (Å²) in [6.45, 7) is 0. The van der Waals surface area contributed by atoms with Gasteiger partial charge >= 0.3 is 7.60 Å². The van der Waals surface area contributed by atoms with Gasteiger partial charge in [0.25, 0.3) is 0 Å². The van der Waals surface area contributed by atoms with Crippen LogP contribution in [0.4, 0.5) is 0 Å². The van der Waals surface area contributed by atoms with Gasteiger partial charge in [0.1, 0.15) is 0 Å². The molecule has 3 N–H and O–H groups in total. The minimum absolute atomic E-state index is 0.239. The number of H-pyrrole nitrogens is 1. The van der Waals surface area contributed by atoms with Crippen LogP contribution < -0.4 is 0 Å². The predicted molar refractivity (Wildman–Crippen MR) is 71.6 cm³/mol. The molecule has 0 unspecified atom stereocenters. The molecule has 0 spiro atoms. The molecule has 0 fully saturated rings. The molecule has 0 saturated heterocycles. The van der Waals surface area contributed by atoms with Crippen LogP contribution in [-0.4, -0.2) is 14.8 Å². The first kappa shape index (κ1) is 11.5. The van der Waals surface area contributed by atoms with Crippen molar-refractivity contribution in [2.45, 2.75) is 6.16 Å². The first-order chi connectivity index (χ1) is 8.54. The second-order valence-corrected chi connectivity index (χ2v) is 5.98. The summed E-state index contributed by atoms with van der Waals surface area (Å²) >= 11 is 0. The molecule has 0 amide bonds. The monoisotopic (exact) mass is 261 g/mol. The van der Waals surface area contributed by atoms with Gasteiger partial charge in [-0.15, -0.1) is 0 Å². The van der Waals surface area contributed by atoms with Crippen LogP contribution in [0.2, 0.25) is 0 Å². The predicted octanol–water partition coefficient (Wildman–Crippen LogP) is 3.00. The summed E-state index contributed by atoms with van der Waals surface area (Å²) in [7, 11) is -4.06. The number of fused-ring (bicyclic) bond motifs is 3. The molecule has 3 aromatic rings. The van der Waals surface area contributed by atoms with Crippen LogP contribution in [0.3, 0.4) is 0 Å². The van der Waals surface area contributed by atoms with Gasteiger partial charge in [-0.2, -0.15) is 0 Å². The van der Waals surface area contributed by atoms with E-state index in [0.717, 1.165) is 21.8 Å². The Morgan fingerprint density at radius 3 is 2.50 bits per heavy atom. The van der Waals surface area contributed by atoms with Crippen molar-refractivity contribution in [1.29, 1.82) is 0 Å². The third-order valence-corrected chi connectivity index (χ3v) is 3.76. The van der Waals surface area contributed by atoms with Gasteiger partial charge in [-0.3, -0.25) is 4.57 Å². The van der Waals surface area contributed by atoms with Crippen molar-refractivity contribution < 1.29 is 14.4 Å². The van der Waals surface area contributed by atoms with Crippen LogP contribution in [0, 0.1) is 0 Å². The van der Waals surface area contributed by atoms with Gasteiger partial charge in [0.15, 0.2) is 0 Å². The highest BCUT2D eigenvalue weighted by atomic mass is 31.2. The molecule has 3 rings (SSSR count). The molecule has 1 aromatic heterocycles.